The van der Waals surface area contributed by atoms with E-state index < -0.39 is 21.7 Å². The van der Waals surface area contributed by atoms with Gasteiger partial charge < -0.3 is 5.32 Å². The Balaban J connectivity index is 1.57. The highest BCUT2D eigenvalue weighted by Crippen LogP contribution is 2.53. The van der Waals surface area contributed by atoms with Crippen LogP contribution in [0.2, 0.25) is 0 Å². The molecule has 0 spiro atoms. The molecule has 4 rings (SSSR count). The molecule has 1 amide bonds. The Morgan fingerprint density at radius 3 is 2.50 bits per heavy atom. The lowest BCUT2D eigenvalue weighted by atomic mass is 9.65. The van der Waals surface area contributed by atoms with Gasteiger partial charge in [-0.1, -0.05) is 26.8 Å². The van der Waals surface area contributed by atoms with Crippen molar-refractivity contribution in [1.82, 2.24) is 4.31 Å². The Hall–Kier alpha value is -2.25. The van der Waals surface area contributed by atoms with Crippen LogP contribution < -0.4 is 5.32 Å². The van der Waals surface area contributed by atoms with Gasteiger partial charge in [-0.25, -0.2) is 12.8 Å². The molecule has 5 nitrogen and oxygen atoms in total. The normalized spacial score (nSPS) is 25.8. The monoisotopic (exact) mass is 430 g/mol. The lowest BCUT2D eigenvalue weighted by Crippen LogP contribution is -2.37. The van der Waals surface area contributed by atoms with Crippen molar-refractivity contribution in [3.63, 3.8) is 0 Å². The van der Waals surface area contributed by atoms with Crippen molar-refractivity contribution in [3.8, 4) is 0 Å². The zero-order valence-corrected chi connectivity index (χ0v) is 18.3. The second-order valence-electron chi connectivity index (χ2n) is 9.75. The van der Waals surface area contributed by atoms with E-state index in [0.29, 0.717) is 17.8 Å². The topological polar surface area (TPSA) is 66.5 Å². The molecule has 1 aliphatic carbocycles. The fraction of sp³-hybridized carbons (Fsp3) is 0.435. The smallest absolute Gasteiger partial charge is 0.255 e. The van der Waals surface area contributed by atoms with Crippen molar-refractivity contribution in [3.05, 3.63) is 59.9 Å². The van der Waals surface area contributed by atoms with Crippen LogP contribution in [-0.4, -0.2) is 31.2 Å². The molecule has 30 heavy (non-hydrogen) atoms. The van der Waals surface area contributed by atoms with E-state index in [1.807, 2.05) is 0 Å². The Kier molecular flexibility index (Phi) is 5.02. The van der Waals surface area contributed by atoms with Crippen LogP contribution in [0, 0.1) is 16.6 Å². The van der Waals surface area contributed by atoms with Crippen LogP contribution in [0.5, 0.6) is 0 Å². The van der Waals surface area contributed by atoms with E-state index in [2.05, 4.69) is 26.1 Å². The number of benzene rings is 2. The molecule has 2 aromatic rings. The van der Waals surface area contributed by atoms with Gasteiger partial charge in [0.15, 0.2) is 0 Å². The third kappa shape index (κ3) is 4.01. The second kappa shape index (κ2) is 7.17. The minimum Gasteiger partial charge on any atom is -0.322 e. The highest BCUT2D eigenvalue weighted by molar-refractivity contribution is 7.89. The van der Waals surface area contributed by atoms with E-state index in [1.165, 1.54) is 30.3 Å². The average molecular weight is 431 g/mol. The van der Waals surface area contributed by atoms with Gasteiger partial charge in [-0.15, -0.1) is 0 Å². The van der Waals surface area contributed by atoms with E-state index in [1.54, 1.807) is 22.5 Å². The van der Waals surface area contributed by atoms with Gasteiger partial charge in [-0.05, 0) is 72.6 Å². The minimum absolute atomic E-state index is 0.00112. The fourth-order valence-electron chi connectivity index (χ4n) is 5.36. The number of halogens is 1. The predicted molar refractivity (Wildman–Crippen MR) is 114 cm³/mol. The molecule has 2 atom stereocenters. The standard InChI is InChI=1S/C23H27FN2O3S/c1-22(2)12-19-13-23(3,14-22)15-26(19)30(28,29)20-6-4-5-18(11-20)25-21(27)16-7-9-17(24)10-8-16/h4-11,19H,12-15H2,1-3H3,(H,25,27)/t19-,23-/m0/s1. The summed E-state index contributed by atoms with van der Waals surface area (Å²) in [6.07, 6.45) is 2.75. The Morgan fingerprint density at radius 1 is 1.10 bits per heavy atom. The lowest BCUT2D eigenvalue weighted by molar-refractivity contribution is 0.102. The quantitative estimate of drug-likeness (QED) is 0.767. The van der Waals surface area contributed by atoms with Crippen molar-refractivity contribution in [1.29, 1.82) is 0 Å². The van der Waals surface area contributed by atoms with Crippen molar-refractivity contribution in [2.45, 2.75) is 51.0 Å². The molecule has 1 saturated carbocycles. The molecule has 7 heteroatoms. The van der Waals surface area contributed by atoms with E-state index in [4.69, 9.17) is 0 Å². The molecule has 0 radical (unpaired) electrons. The highest BCUT2D eigenvalue weighted by Gasteiger charge is 2.53. The van der Waals surface area contributed by atoms with Crippen molar-refractivity contribution in [2.75, 3.05) is 11.9 Å². The number of hydrogen-bond acceptors (Lipinski definition) is 3. The van der Waals surface area contributed by atoms with E-state index in [9.17, 15) is 17.6 Å². The molecular weight excluding hydrogens is 403 g/mol. The summed E-state index contributed by atoms with van der Waals surface area (Å²) in [6, 6.07) is 11.5. The van der Waals surface area contributed by atoms with Gasteiger partial charge in [0.2, 0.25) is 10.0 Å². The number of amides is 1. The molecule has 1 saturated heterocycles. The summed E-state index contributed by atoms with van der Waals surface area (Å²) in [6.45, 7) is 7.11. The molecule has 0 unspecified atom stereocenters. The number of fused-ring (bicyclic) bond motifs is 2. The minimum atomic E-state index is -3.68. The van der Waals surface area contributed by atoms with Gasteiger partial charge in [-0.3, -0.25) is 4.79 Å². The molecule has 160 valence electrons. The number of hydrogen-bond donors (Lipinski definition) is 1. The number of carbonyl (C=O) groups excluding carboxylic acids is 1. The molecule has 1 N–H and O–H groups in total. The number of carbonyl (C=O) groups is 1. The largest absolute Gasteiger partial charge is 0.322 e. The van der Waals surface area contributed by atoms with Crippen LogP contribution in [0.1, 0.15) is 50.4 Å². The van der Waals surface area contributed by atoms with Crippen molar-refractivity contribution >= 4 is 21.6 Å². The highest BCUT2D eigenvalue weighted by atomic mass is 32.2. The predicted octanol–water partition coefficient (Wildman–Crippen LogP) is 4.67. The first-order valence-corrected chi connectivity index (χ1v) is 11.6. The first-order chi connectivity index (χ1) is 14.0. The van der Waals surface area contributed by atoms with Crippen LogP contribution in [0.4, 0.5) is 10.1 Å². The summed E-state index contributed by atoms with van der Waals surface area (Å²) in [5.74, 6) is -0.844. The van der Waals surface area contributed by atoms with Crippen molar-refractivity contribution < 1.29 is 17.6 Å². The lowest BCUT2D eigenvalue weighted by Gasteiger charge is -2.39. The fourth-order valence-corrected chi connectivity index (χ4v) is 7.18. The van der Waals surface area contributed by atoms with Crippen LogP contribution in [0.3, 0.4) is 0 Å². The first kappa shape index (κ1) is 21.0. The van der Waals surface area contributed by atoms with E-state index >= 15 is 0 Å². The first-order valence-electron chi connectivity index (χ1n) is 10.2. The maximum Gasteiger partial charge on any atom is 0.255 e. The summed E-state index contributed by atoms with van der Waals surface area (Å²) in [5.41, 5.74) is 0.799. The molecule has 2 bridgehead atoms. The molecule has 2 fully saturated rings. The van der Waals surface area contributed by atoms with Crippen LogP contribution >= 0.6 is 0 Å². The average Bonchev–Trinajstić information content (AvgIpc) is 2.92. The van der Waals surface area contributed by atoms with Gasteiger partial charge in [0, 0.05) is 23.8 Å². The Labute approximate surface area is 177 Å². The molecule has 2 aromatic carbocycles. The maximum absolute atomic E-state index is 13.4. The summed E-state index contributed by atoms with van der Waals surface area (Å²) in [5, 5.41) is 2.70. The number of nitrogens with zero attached hydrogens (tertiary/aromatic N) is 1. The third-order valence-electron chi connectivity index (χ3n) is 6.17. The molecule has 1 heterocycles. The summed E-state index contributed by atoms with van der Waals surface area (Å²) >= 11 is 0. The van der Waals surface area contributed by atoms with Crippen LogP contribution in [-0.2, 0) is 10.0 Å². The summed E-state index contributed by atoms with van der Waals surface area (Å²) in [7, 11) is -3.68. The van der Waals surface area contributed by atoms with Gasteiger partial charge in [0.05, 0.1) is 4.90 Å². The van der Waals surface area contributed by atoms with E-state index in [-0.39, 0.29) is 21.8 Å². The van der Waals surface area contributed by atoms with E-state index in [0.717, 1.165) is 19.3 Å². The van der Waals surface area contributed by atoms with Gasteiger partial charge >= 0.3 is 0 Å². The van der Waals surface area contributed by atoms with Gasteiger partial charge in [0.1, 0.15) is 5.82 Å². The number of anilines is 1. The number of nitrogens with one attached hydrogen (secondary N) is 1. The maximum atomic E-state index is 13.4. The Morgan fingerprint density at radius 2 is 1.80 bits per heavy atom. The second-order valence-corrected chi connectivity index (χ2v) is 11.6. The van der Waals surface area contributed by atoms with Gasteiger partial charge in [0.25, 0.3) is 5.91 Å². The number of sulfonamides is 1. The van der Waals surface area contributed by atoms with Crippen LogP contribution in [0.25, 0.3) is 0 Å². The summed E-state index contributed by atoms with van der Waals surface area (Å²) < 4.78 is 41.6. The number of rotatable bonds is 4. The summed E-state index contributed by atoms with van der Waals surface area (Å²) in [4.78, 5) is 12.6. The Bertz CT molecular complexity index is 1080. The van der Waals surface area contributed by atoms with Crippen molar-refractivity contribution in [2.24, 2.45) is 10.8 Å². The molecule has 2 aliphatic rings. The molecule has 1 aliphatic heterocycles. The molecule has 0 aromatic heterocycles. The molecular formula is C23H27FN2O3S. The zero-order chi connectivity index (χ0) is 21.7. The SMILES string of the molecule is CC1(C)C[C@H]2C[C@](C)(CN2S(=O)(=O)c2cccc(NC(=O)c3ccc(F)cc3)c2)C1. The van der Waals surface area contributed by atoms with Gasteiger partial charge in [-0.2, -0.15) is 4.31 Å². The zero-order valence-electron chi connectivity index (χ0n) is 17.5. The third-order valence-corrected chi connectivity index (χ3v) is 8.07. The van der Waals surface area contributed by atoms with Crippen LogP contribution in [0.15, 0.2) is 53.4 Å².